The second-order valence-corrected chi connectivity index (χ2v) is 8.07. The molecule has 4 nitrogen and oxygen atoms in total. The van der Waals surface area contributed by atoms with Crippen molar-refractivity contribution in [2.45, 2.75) is 44.1 Å². The minimum atomic E-state index is -0.604. The number of amides is 1. The van der Waals surface area contributed by atoms with Crippen molar-refractivity contribution in [3.63, 3.8) is 0 Å². The van der Waals surface area contributed by atoms with Gasteiger partial charge in [0.2, 0.25) is 5.91 Å². The number of rotatable bonds is 7. The predicted octanol–water partition coefficient (Wildman–Crippen LogP) is 5.86. The topological polar surface area (TPSA) is 47.6 Å². The first-order chi connectivity index (χ1) is 13.5. The number of halogens is 2. The Kier molecular flexibility index (Phi) is 6.86. The van der Waals surface area contributed by atoms with Gasteiger partial charge in [-0.25, -0.2) is 0 Å². The van der Waals surface area contributed by atoms with Gasteiger partial charge in [-0.1, -0.05) is 54.2 Å². The molecule has 0 spiro atoms. The minimum absolute atomic E-state index is 0.0458. The normalized spacial score (nSPS) is 16.6. The predicted molar refractivity (Wildman–Crippen MR) is 114 cm³/mol. The molecule has 28 heavy (non-hydrogen) atoms. The summed E-state index contributed by atoms with van der Waals surface area (Å²) >= 11 is 12.8. The molecule has 0 heterocycles. The zero-order valence-electron chi connectivity index (χ0n) is 16.1. The Labute approximate surface area is 176 Å². The van der Waals surface area contributed by atoms with Crippen LogP contribution in [0.2, 0.25) is 10.0 Å². The van der Waals surface area contributed by atoms with E-state index in [0.717, 1.165) is 31.2 Å². The lowest BCUT2D eigenvalue weighted by Gasteiger charge is -2.29. The average molecular weight is 422 g/mol. The molecule has 0 radical (unpaired) electrons. The van der Waals surface area contributed by atoms with Gasteiger partial charge >= 0.3 is 0 Å². The lowest BCUT2D eigenvalue weighted by molar-refractivity contribution is -0.121. The van der Waals surface area contributed by atoms with Crippen molar-refractivity contribution in [1.82, 2.24) is 0 Å². The Morgan fingerprint density at radius 3 is 2.50 bits per heavy atom. The molecule has 1 fully saturated rings. The quantitative estimate of drug-likeness (QED) is 0.608. The van der Waals surface area contributed by atoms with E-state index in [2.05, 4.69) is 5.32 Å². The van der Waals surface area contributed by atoms with Crippen molar-refractivity contribution in [3.8, 4) is 5.75 Å². The molecule has 3 rings (SSSR count). The van der Waals surface area contributed by atoms with Crippen LogP contribution in [-0.2, 0) is 14.9 Å². The maximum absolute atomic E-state index is 13.3. The number of hydrogen-bond acceptors (Lipinski definition) is 3. The molecule has 0 saturated heterocycles. The summed E-state index contributed by atoms with van der Waals surface area (Å²) in [5, 5.41) is 4.11. The van der Waals surface area contributed by atoms with Crippen LogP contribution in [0.5, 0.6) is 5.75 Å². The summed E-state index contributed by atoms with van der Waals surface area (Å²) in [5.41, 5.74) is 0.929. The van der Waals surface area contributed by atoms with Crippen molar-refractivity contribution in [1.29, 1.82) is 0 Å². The zero-order valence-corrected chi connectivity index (χ0v) is 17.6. The molecule has 1 saturated carbocycles. The summed E-state index contributed by atoms with van der Waals surface area (Å²) in [4.78, 5) is 13.3. The molecule has 1 aliphatic carbocycles. The van der Waals surface area contributed by atoms with E-state index in [1.807, 2.05) is 31.2 Å². The molecule has 0 aliphatic heterocycles. The molecule has 1 atom stereocenters. The van der Waals surface area contributed by atoms with Crippen molar-refractivity contribution < 1.29 is 14.3 Å². The lowest BCUT2D eigenvalue weighted by Crippen LogP contribution is -2.38. The fourth-order valence-electron chi connectivity index (χ4n) is 3.86. The highest BCUT2D eigenvalue weighted by Gasteiger charge is 2.43. The second kappa shape index (κ2) is 9.17. The zero-order chi connectivity index (χ0) is 20.1. The van der Waals surface area contributed by atoms with Crippen molar-refractivity contribution in [2.24, 2.45) is 0 Å². The van der Waals surface area contributed by atoms with E-state index in [-0.39, 0.29) is 12.0 Å². The Morgan fingerprint density at radius 2 is 1.86 bits per heavy atom. The fraction of sp³-hybridized carbons (Fsp3) is 0.409. The van der Waals surface area contributed by atoms with Gasteiger partial charge in [0.1, 0.15) is 11.9 Å². The van der Waals surface area contributed by atoms with Crippen LogP contribution in [0, 0.1) is 0 Å². The number of carbonyl (C=O) groups is 1. The van der Waals surface area contributed by atoms with Crippen LogP contribution in [0.25, 0.3) is 0 Å². The van der Waals surface area contributed by atoms with Gasteiger partial charge in [0, 0.05) is 17.8 Å². The molecule has 6 heteroatoms. The summed E-state index contributed by atoms with van der Waals surface area (Å²) in [7, 11) is 1.62. The van der Waals surface area contributed by atoms with Gasteiger partial charge in [0.05, 0.1) is 17.0 Å². The highest BCUT2D eigenvalue weighted by Crippen LogP contribution is 2.44. The maximum Gasteiger partial charge on any atom is 0.235 e. The average Bonchev–Trinajstić information content (AvgIpc) is 3.15. The van der Waals surface area contributed by atoms with Crippen molar-refractivity contribution in [3.05, 3.63) is 58.1 Å². The summed E-state index contributed by atoms with van der Waals surface area (Å²) in [6.07, 6.45) is 3.45. The second-order valence-electron chi connectivity index (χ2n) is 7.25. The van der Waals surface area contributed by atoms with Crippen LogP contribution >= 0.6 is 23.2 Å². The van der Waals surface area contributed by atoms with Crippen LogP contribution in [0.4, 0.5) is 5.69 Å². The largest absolute Gasteiger partial charge is 0.487 e. The van der Waals surface area contributed by atoms with Crippen LogP contribution in [0.1, 0.15) is 38.2 Å². The highest BCUT2D eigenvalue weighted by atomic mass is 35.5. The smallest absolute Gasteiger partial charge is 0.235 e. The third kappa shape index (κ3) is 4.45. The van der Waals surface area contributed by atoms with Gasteiger partial charge in [-0.3, -0.25) is 4.79 Å². The molecule has 1 aliphatic rings. The van der Waals surface area contributed by atoms with Gasteiger partial charge < -0.3 is 14.8 Å². The summed E-state index contributed by atoms with van der Waals surface area (Å²) in [6.45, 7) is 2.37. The first-order valence-electron chi connectivity index (χ1n) is 9.48. The molecular formula is C22H25Cl2NO3. The first-order valence-corrected chi connectivity index (χ1v) is 10.2. The van der Waals surface area contributed by atoms with E-state index in [1.54, 1.807) is 25.3 Å². The molecule has 2 aromatic rings. The van der Waals surface area contributed by atoms with Gasteiger partial charge in [-0.2, -0.15) is 0 Å². The van der Waals surface area contributed by atoms with Gasteiger partial charge in [0.25, 0.3) is 0 Å². The maximum atomic E-state index is 13.3. The molecule has 1 amide bonds. The fourth-order valence-corrected chi connectivity index (χ4v) is 4.40. The summed E-state index contributed by atoms with van der Waals surface area (Å²) < 4.78 is 10.8. The molecule has 150 valence electrons. The number of nitrogens with one attached hydrogen (secondary N) is 1. The standard InChI is InChI=1S/C22H25Cl2NO3/c1-15(14-27-2)28-20-10-9-16(13-19(20)24)25-21(26)22(11-5-6-12-22)17-7-3-4-8-18(17)23/h3-4,7-10,13,15H,5-6,11-12,14H2,1-2H3,(H,25,26)/t15-/m1/s1. The highest BCUT2D eigenvalue weighted by molar-refractivity contribution is 6.32. The van der Waals surface area contributed by atoms with Crippen LogP contribution < -0.4 is 10.1 Å². The summed E-state index contributed by atoms with van der Waals surface area (Å²) in [5.74, 6) is 0.515. The number of benzene rings is 2. The number of hydrogen-bond donors (Lipinski definition) is 1. The number of carbonyl (C=O) groups excluding carboxylic acids is 1. The Balaban J connectivity index is 1.80. The van der Waals surface area contributed by atoms with Crippen molar-refractivity contribution >= 4 is 34.8 Å². The van der Waals surface area contributed by atoms with Crippen molar-refractivity contribution in [2.75, 3.05) is 19.0 Å². The lowest BCUT2D eigenvalue weighted by atomic mass is 9.78. The number of anilines is 1. The van der Waals surface area contributed by atoms with Crippen LogP contribution in [0.3, 0.4) is 0 Å². The SMILES string of the molecule is COC[C@@H](C)Oc1ccc(NC(=O)C2(c3ccccc3Cl)CCCC2)cc1Cl. The van der Waals surface area contributed by atoms with E-state index in [9.17, 15) is 4.79 Å². The van der Waals surface area contributed by atoms with E-state index >= 15 is 0 Å². The molecular weight excluding hydrogens is 397 g/mol. The third-order valence-corrected chi connectivity index (χ3v) is 5.83. The Bertz CT molecular complexity index is 834. The monoisotopic (exact) mass is 421 g/mol. The van der Waals surface area contributed by atoms with Crippen LogP contribution in [0.15, 0.2) is 42.5 Å². The van der Waals surface area contributed by atoms with Crippen LogP contribution in [-0.4, -0.2) is 25.7 Å². The molecule has 1 N–H and O–H groups in total. The molecule has 2 aromatic carbocycles. The molecule has 0 unspecified atom stereocenters. The van der Waals surface area contributed by atoms with Gasteiger partial charge in [-0.15, -0.1) is 0 Å². The summed E-state index contributed by atoms with van der Waals surface area (Å²) in [6, 6.07) is 12.9. The third-order valence-electron chi connectivity index (χ3n) is 5.20. The molecule has 0 bridgehead atoms. The Hall–Kier alpha value is -1.75. The number of methoxy groups -OCH3 is 1. The Morgan fingerprint density at radius 1 is 1.14 bits per heavy atom. The van der Waals surface area contributed by atoms with E-state index in [0.29, 0.717) is 28.1 Å². The first kappa shape index (κ1) is 21.0. The van der Waals surface area contributed by atoms with Gasteiger partial charge in [-0.05, 0) is 49.6 Å². The minimum Gasteiger partial charge on any atom is -0.487 e. The van der Waals surface area contributed by atoms with E-state index in [1.165, 1.54) is 0 Å². The van der Waals surface area contributed by atoms with E-state index < -0.39 is 5.41 Å². The van der Waals surface area contributed by atoms with E-state index in [4.69, 9.17) is 32.7 Å². The number of ether oxygens (including phenoxy) is 2. The van der Waals surface area contributed by atoms with Gasteiger partial charge in [0.15, 0.2) is 0 Å². The molecule has 0 aromatic heterocycles.